The Hall–Kier alpha value is -1.93. The zero-order chi connectivity index (χ0) is 18.8. The Bertz CT molecular complexity index is 1050. The normalized spacial score (nSPS) is 11.1. The highest BCUT2D eigenvalue weighted by molar-refractivity contribution is 7.20. The van der Waals surface area contributed by atoms with E-state index in [1.165, 1.54) is 14.2 Å². The fourth-order valence-electron chi connectivity index (χ4n) is 2.58. The third-order valence-corrected chi connectivity index (χ3v) is 5.57. The van der Waals surface area contributed by atoms with Crippen LogP contribution < -0.4 is 5.56 Å². The highest BCUT2D eigenvalue weighted by atomic mass is 35.5. The van der Waals surface area contributed by atoms with Crippen molar-refractivity contribution in [1.82, 2.24) is 9.97 Å². The van der Waals surface area contributed by atoms with Crippen molar-refractivity contribution in [1.29, 1.82) is 0 Å². The monoisotopic (exact) mass is 412 g/mol. The number of hydrogen-bond acceptors (Lipinski definition) is 6. The molecule has 136 valence electrons. The third-order valence-electron chi connectivity index (χ3n) is 3.72. The van der Waals surface area contributed by atoms with E-state index >= 15 is 0 Å². The first-order valence-corrected chi connectivity index (χ1v) is 9.07. The zero-order valence-corrected chi connectivity index (χ0v) is 16.2. The summed E-state index contributed by atoms with van der Waals surface area (Å²) in [4.78, 5) is 32.6. The van der Waals surface area contributed by atoms with Gasteiger partial charge in [-0.1, -0.05) is 29.3 Å². The van der Waals surface area contributed by atoms with E-state index in [4.69, 9.17) is 32.7 Å². The van der Waals surface area contributed by atoms with Gasteiger partial charge in [0.15, 0.2) is 0 Å². The van der Waals surface area contributed by atoms with E-state index in [0.29, 0.717) is 42.9 Å². The molecule has 3 aromatic rings. The number of halogens is 2. The Morgan fingerprint density at radius 2 is 2.04 bits per heavy atom. The van der Waals surface area contributed by atoms with Crippen molar-refractivity contribution < 1.29 is 14.3 Å². The second-order valence-corrected chi connectivity index (χ2v) is 7.27. The van der Waals surface area contributed by atoms with E-state index in [-0.39, 0.29) is 12.2 Å². The van der Waals surface area contributed by atoms with Crippen molar-refractivity contribution in [3.8, 4) is 0 Å². The van der Waals surface area contributed by atoms with Gasteiger partial charge in [0.1, 0.15) is 15.5 Å². The van der Waals surface area contributed by atoms with E-state index < -0.39 is 5.97 Å². The van der Waals surface area contributed by atoms with Gasteiger partial charge in [-0.3, -0.25) is 4.79 Å². The molecule has 2 heterocycles. The van der Waals surface area contributed by atoms with Crippen LogP contribution in [-0.2, 0) is 22.5 Å². The molecule has 0 radical (unpaired) electrons. The van der Waals surface area contributed by atoms with Crippen molar-refractivity contribution in [3.63, 3.8) is 0 Å². The molecule has 0 aliphatic rings. The predicted octanol–water partition coefficient (Wildman–Crippen LogP) is 3.82. The maximum atomic E-state index is 12.6. The number of aromatic amines is 1. The molecule has 1 aromatic carbocycles. The van der Waals surface area contributed by atoms with E-state index in [1.54, 1.807) is 12.1 Å². The summed E-state index contributed by atoms with van der Waals surface area (Å²) >= 11 is 13.1. The first kappa shape index (κ1) is 18.8. The van der Waals surface area contributed by atoms with Crippen molar-refractivity contribution in [2.24, 2.45) is 0 Å². The molecule has 0 saturated heterocycles. The smallest absolute Gasteiger partial charge is 0.348 e. The number of H-pyrrole nitrogens is 1. The molecular formula is C17H14Cl2N2O4S. The van der Waals surface area contributed by atoms with Crippen molar-refractivity contribution in [2.45, 2.75) is 13.0 Å². The molecule has 1 N–H and O–H groups in total. The number of benzene rings is 1. The maximum Gasteiger partial charge on any atom is 0.348 e. The predicted molar refractivity (Wildman–Crippen MR) is 102 cm³/mol. The minimum absolute atomic E-state index is 0.112. The van der Waals surface area contributed by atoms with Crippen LogP contribution in [0.3, 0.4) is 0 Å². The number of hydrogen-bond donors (Lipinski definition) is 1. The van der Waals surface area contributed by atoms with Crippen LogP contribution in [-0.4, -0.2) is 30.2 Å². The van der Waals surface area contributed by atoms with Gasteiger partial charge in [-0.2, -0.15) is 0 Å². The number of fused-ring (bicyclic) bond motifs is 1. The molecule has 9 heteroatoms. The van der Waals surface area contributed by atoms with E-state index in [2.05, 4.69) is 9.97 Å². The Morgan fingerprint density at radius 3 is 2.69 bits per heavy atom. The molecule has 0 spiro atoms. The van der Waals surface area contributed by atoms with Crippen molar-refractivity contribution in [3.05, 3.63) is 60.4 Å². The van der Waals surface area contributed by atoms with Crippen LogP contribution >= 0.6 is 34.5 Å². The average Bonchev–Trinajstić information content (AvgIpc) is 2.97. The summed E-state index contributed by atoms with van der Waals surface area (Å²) in [5, 5.41) is 1.23. The fourth-order valence-corrected chi connectivity index (χ4v) is 4.01. The summed E-state index contributed by atoms with van der Waals surface area (Å²) < 4.78 is 9.92. The highest BCUT2D eigenvalue weighted by Gasteiger charge is 2.22. The number of nitrogens with one attached hydrogen (secondary N) is 1. The standard InChI is InChI=1S/C17H14Cl2N2O4S/c1-24-7-9-13-15(22)20-12(6-8-3-4-10(18)11(19)5-8)21-16(13)26-14(9)17(23)25-2/h3-5H,6-7H2,1-2H3,(H,20,21,22). The Labute approximate surface area is 162 Å². The van der Waals surface area contributed by atoms with E-state index in [9.17, 15) is 9.59 Å². The molecule has 26 heavy (non-hydrogen) atoms. The summed E-state index contributed by atoms with van der Waals surface area (Å²) in [6, 6.07) is 5.22. The molecule has 0 aliphatic heterocycles. The van der Waals surface area contributed by atoms with Gasteiger partial charge in [0, 0.05) is 19.1 Å². The molecule has 0 unspecified atom stereocenters. The summed E-state index contributed by atoms with van der Waals surface area (Å²) in [5.41, 5.74) is 1.00. The van der Waals surface area contributed by atoms with Crippen LogP contribution in [0.1, 0.15) is 26.6 Å². The number of carbonyl (C=O) groups excluding carboxylic acids is 1. The van der Waals surface area contributed by atoms with E-state index in [0.717, 1.165) is 16.9 Å². The number of rotatable bonds is 5. The maximum absolute atomic E-state index is 12.6. The Balaban J connectivity index is 2.08. The fraction of sp³-hybridized carbons (Fsp3) is 0.235. The number of esters is 1. The Kier molecular flexibility index (Phi) is 5.62. The molecule has 2 aromatic heterocycles. The lowest BCUT2D eigenvalue weighted by Gasteiger charge is -2.04. The van der Waals surface area contributed by atoms with Crippen LogP contribution in [0, 0.1) is 0 Å². The van der Waals surface area contributed by atoms with Crippen LogP contribution in [0.15, 0.2) is 23.0 Å². The lowest BCUT2D eigenvalue weighted by Crippen LogP contribution is -2.13. The number of nitrogens with zero attached hydrogens (tertiary/aromatic N) is 1. The van der Waals surface area contributed by atoms with Gasteiger partial charge in [0.25, 0.3) is 5.56 Å². The molecule has 6 nitrogen and oxygen atoms in total. The average molecular weight is 413 g/mol. The molecule has 0 amide bonds. The topological polar surface area (TPSA) is 81.3 Å². The Morgan fingerprint density at radius 1 is 1.27 bits per heavy atom. The molecule has 0 fully saturated rings. The number of ether oxygens (including phenoxy) is 2. The second kappa shape index (κ2) is 7.75. The van der Waals surface area contributed by atoms with Crippen LogP contribution in [0.25, 0.3) is 10.2 Å². The molecule has 3 rings (SSSR count). The van der Waals surface area contributed by atoms with Crippen LogP contribution in [0.2, 0.25) is 10.0 Å². The SMILES string of the molecule is COCc1c(C(=O)OC)sc2nc(Cc3ccc(Cl)c(Cl)c3)[nH]c(=O)c12. The number of thiophene rings is 1. The summed E-state index contributed by atoms with van der Waals surface area (Å²) in [7, 11) is 2.78. The van der Waals surface area contributed by atoms with Gasteiger partial charge in [0.05, 0.1) is 29.1 Å². The summed E-state index contributed by atoms with van der Waals surface area (Å²) in [6.45, 7) is 0.112. The molecule has 0 aliphatic carbocycles. The third kappa shape index (κ3) is 3.61. The second-order valence-electron chi connectivity index (χ2n) is 5.45. The van der Waals surface area contributed by atoms with Gasteiger partial charge < -0.3 is 14.5 Å². The molecule has 0 saturated carbocycles. The summed E-state index contributed by atoms with van der Waals surface area (Å²) in [5.74, 6) is -0.0620. The van der Waals surface area contributed by atoms with Crippen LogP contribution in [0.5, 0.6) is 0 Å². The largest absolute Gasteiger partial charge is 0.465 e. The quantitative estimate of drug-likeness (QED) is 0.644. The van der Waals surface area contributed by atoms with Gasteiger partial charge in [-0.15, -0.1) is 11.3 Å². The minimum atomic E-state index is -0.523. The highest BCUT2D eigenvalue weighted by Crippen LogP contribution is 2.29. The van der Waals surface area contributed by atoms with Gasteiger partial charge in [-0.05, 0) is 17.7 Å². The minimum Gasteiger partial charge on any atom is -0.465 e. The van der Waals surface area contributed by atoms with Crippen molar-refractivity contribution in [2.75, 3.05) is 14.2 Å². The van der Waals surface area contributed by atoms with Crippen LogP contribution in [0.4, 0.5) is 0 Å². The molecule has 0 atom stereocenters. The van der Waals surface area contributed by atoms with E-state index in [1.807, 2.05) is 6.07 Å². The summed E-state index contributed by atoms with van der Waals surface area (Å²) in [6.07, 6.45) is 0.368. The first-order chi connectivity index (χ1) is 12.4. The number of methoxy groups -OCH3 is 2. The molecule has 0 bridgehead atoms. The number of aromatic nitrogens is 2. The van der Waals surface area contributed by atoms with Gasteiger partial charge in [-0.25, -0.2) is 9.78 Å². The van der Waals surface area contributed by atoms with Crippen molar-refractivity contribution >= 4 is 50.7 Å². The lowest BCUT2D eigenvalue weighted by molar-refractivity contribution is 0.0602. The number of carbonyl (C=O) groups is 1. The molecular weight excluding hydrogens is 399 g/mol. The zero-order valence-electron chi connectivity index (χ0n) is 13.9. The van der Waals surface area contributed by atoms with Gasteiger partial charge >= 0.3 is 5.97 Å². The lowest BCUT2D eigenvalue weighted by atomic mass is 10.1. The van der Waals surface area contributed by atoms with Gasteiger partial charge in [0.2, 0.25) is 0 Å². The first-order valence-electron chi connectivity index (χ1n) is 7.50.